The Bertz CT molecular complexity index is 485. The summed E-state index contributed by atoms with van der Waals surface area (Å²) in [6.07, 6.45) is 5.12. The fourth-order valence-corrected chi connectivity index (χ4v) is 2.73. The first-order valence-corrected chi connectivity index (χ1v) is 8.57. The topological polar surface area (TPSA) is 54.9 Å². The van der Waals surface area contributed by atoms with Crippen molar-refractivity contribution in [2.24, 2.45) is 4.99 Å². The number of ether oxygens (including phenoxy) is 2. The Morgan fingerprint density at radius 3 is 2.83 bits per heavy atom. The third kappa shape index (κ3) is 6.48. The SMILES string of the molecule is CCNC(=NCc1cccc(OCCOC)c1)NC1CCCC1. The smallest absolute Gasteiger partial charge is 0.191 e. The normalized spacial score (nSPS) is 15.7. The summed E-state index contributed by atoms with van der Waals surface area (Å²) in [5.74, 6) is 1.77. The van der Waals surface area contributed by atoms with Crippen molar-refractivity contribution in [3.63, 3.8) is 0 Å². The summed E-state index contributed by atoms with van der Waals surface area (Å²) in [7, 11) is 1.67. The van der Waals surface area contributed by atoms with Gasteiger partial charge in [-0.1, -0.05) is 25.0 Å². The Hall–Kier alpha value is -1.75. The molecule has 1 aliphatic carbocycles. The van der Waals surface area contributed by atoms with E-state index >= 15 is 0 Å². The molecule has 0 aliphatic heterocycles. The van der Waals surface area contributed by atoms with Crippen LogP contribution in [0.25, 0.3) is 0 Å². The summed E-state index contributed by atoms with van der Waals surface area (Å²) in [6.45, 7) is 4.77. The number of rotatable bonds is 8. The van der Waals surface area contributed by atoms with Crippen LogP contribution in [0, 0.1) is 0 Å². The van der Waals surface area contributed by atoms with Gasteiger partial charge in [-0.05, 0) is 37.5 Å². The molecule has 1 aromatic rings. The van der Waals surface area contributed by atoms with Crippen LogP contribution in [0.1, 0.15) is 38.2 Å². The predicted octanol–water partition coefficient (Wildman–Crippen LogP) is 2.71. The molecule has 0 saturated heterocycles. The van der Waals surface area contributed by atoms with Gasteiger partial charge in [0, 0.05) is 19.7 Å². The lowest BCUT2D eigenvalue weighted by molar-refractivity contribution is 0.146. The molecule has 1 saturated carbocycles. The Labute approximate surface area is 139 Å². The van der Waals surface area contributed by atoms with E-state index in [-0.39, 0.29) is 0 Å². The van der Waals surface area contributed by atoms with Gasteiger partial charge in [0.25, 0.3) is 0 Å². The second kappa shape index (κ2) is 10.1. The van der Waals surface area contributed by atoms with Crippen molar-refractivity contribution >= 4 is 5.96 Å². The van der Waals surface area contributed by atoms with Crippen LogP contribution < -0.4 is 15.4 Å². The molecule has 0 bridgehead atoms. The van der Waals surface area contributed by atoms with E-state index in [0.717, 1.165) is 23.8 Å². The summed E-state index contributed by atoms with van der Waals surface area (Å²) in [6, 6.07) is 8.65. The van der Waals surface area contributed by atoms with Gasteiger partial charge >= 0.3 is 0 Å². The minimum atomic E-state index is 0.565. The number of hydrogen-bond donors (Lipinski definition) is 2. The van der Waals surface area contributed by atoms with Crippen molar-refractivity contribution in [3.05, 3.63) is 29.8 Å². The van der Waals surface area contributed by atoms with Crippen LogP contribution in [0.4, 0.5) is 0 Å². The second-order valence-electron chi connectivity index (χ2n) is 5.81. The number of benzene rings is 1. The van der Waals surface area contributed by atoms with Crippen molar-refractivity contribution in [1.82, 2.24) is 10.6 Å². The molecular formula is C18H29N3O2. The monoisotopic (exact) mass is 319 g/mol. The third-order valence-electron chi connectivity index (χ3n) is 3.91. The maximum Gasteiger partial charge on any atom is 0.191 e. The summed E-state index contributed by atoms with van der Waals surface area (Å²) in [4.78, 5) is 4.70. The Kier molecular flexibility index (Phi) is 7.73. The van der Waals surface area contributed by atoms with E-state index in [9.17, 15) is 0 Å². The summed E-state index contributed by atoms with van der Waals surface area (Å²) in [5.41, 5.74) is 1.14. The quantitative estimate of drug-likeness (QED) is 0.439. The van der Waals surface area contributed by atoms with E-state index in [1.54, 1.807) is 7.11 Å². The van der Waals surface area contributed by atoms with Gasteiger partial charge in [0.05, 0.1) is 13.2 Å². The number of nitrogens with zero attached hydrogens (tertiary/aromatic N) is 1. The molecule has 0 heterocycles. The first kappa shape index (κ1) is 17.6. The highest BCUT2D eigenvalue weighted by atomic mass is 16.5. The molecule has 0 unspecified atom stereocenters. The lowest BCUT2D eigenvalue weighted by atomic mass is 10.2. The van der Waals surface area contributed by atoms with Gasteiger partial charge in [-0.15, -0.1) is 0 Å². The molecule has 0 atom stereocenters. The maximum atomic E-state index is 5.64. The molecule has 5 heteroatoms. The highest BCUT2D eigenvalue weighted by molar-refractivity contribution is 5.80. The fourth-order valence-electron chi connectivity index (χ4n) is 2.73. The van der Waals surface area contributed by atoms with Crippen molar-refractivity contribution in [1.29, 1.82) is 0 Å². The van der Waals surface area contributed by atoms with E-state index in [4.69, 9.17) is 14.5 Å². The molecule has 2 N–H and O–H groups in total. The number of guanidine groups is 1. The van der Waals surface area contributed by atoms with Gasteiger partial charge in [0.15, 0.2) is 5.96 Å². The molecule has 1 fully saturated rings. The van der Waals surface area contributed by atoms with E-state index in [0.29, 0.717) is 25.8 Å². The molecule has 1 aliphatic rings. The Morgan fingerprint density at radius 2 is 2.09 bits per heavy atom. The molecule has 0 spiro atoms. The molecule has 0 aromatic heterocycles. The van der Waals surface area contributed by atoms with Crippen LogP contribution in [-0.4, -0.2) is 38.9 Å². The van der Waals surface area contributed by atoms with Crippen molar-refractivity contribution < 1.29 is 9.47 Å². The number of hydrogen-bond acceptors (Lipinski definition) is 3. The van der Waals surface area contributed by atoms with Gasteiger partial charge in [-0.2, -0.15) is 0 Å². The van der Waals surface area contributed by atoms with Gasteiger partial charge < -0.3 is 20.1 Å². The van der Waals surface area contributed by atoms with Crippen LogP contribution in [-0.2, 0) is 11.3 Å². The highest BCUT2D eigenvalue weighted by Crippen LogP contribution is 2.17. The van der Waals surface area contributed by atoms with Crippen molar-refractivity contribution in [2.45, 2.75) is 45.2 Å². The van der Waals surface area contributed by atoms with Gasteiger partial charge in [-0.3, -0.25) is 0 Å². The Balaban J connectivity index is 1.90. The van der Waals surface area contributed by atoms with E-state index in [1.165, 1.54) is 25.7 Å². The van der Waals surface area contributed by atoms with Gasteiger partial charge in [0.2, 0.25) is 0 Å². The zero-order valence-corrected chi connectivity index (χ0v) is 14.3. The minimum absolute atomic E-state index is 0.565. The number of aliphatic imine (C=N–C) groups is 1. The number of nitrogens with one attached hydrogen (secondary N) is 2. The molecule has 23 heavy (non-hydrogen) atoms. The molecule has 1 aromatic carbocycles. The second-order valence-corrected chi connectivity index (χ2v) is 5.81. The first-order chi connectivity index (χ1) is 11.3. The molecule has 5 nitrogen and oxygen atoms in total. The third-order valence-corrected chi connectivity index (χ3v) is 3.91. The summed E-state index contributed by atoms with van der Waals surface area (Å²) >= 11 is 0. The average Bonchev–Trinajstić information content (AvgIpc) is 3.07. The molecule has 0 amide bonds. The van der Waals surface area contributed by atoms with Gasteiger partial charge in [-0.25, -0.2) is 4.99 Å². The van der Waals surface area contributed by atoms with Gasteiger partial charge in [0.1, 0.15) is 12.4 Å². The average molecular weight is 319 g/mol. The fraction of sp³-hybridized carbons (Fsp3) is 0.611. The van der Waals surface area contributed by atoms with Crippen molar-refractivity contribution in [2.75, 3.05) is 26.9 Å². The standard InChI is InChI=1S/C18H29N3O2/c1-3-19-18(21-16-8-4-5-9-16)20-14-15-7-6-10-17(13-15)23-12-11-22-2/h6-7,10,13,16H,3-5,8-9,11-12,14H2,1-2H3,(H2,19,20,21). The van der Waals surface area contributed by atoms with Crippen LogP contribution in [0.3, 0.4) is 0 Å². The highest BCUT2D eigenvalue weighted by Gasteiger charge is 2.15. The lowest BCUT2D eigenvalue weighted by Gasteiger charge is -2.16. The van der Waals surface area contributed by atoms with Crippen LogP contribution >= 0.6 is 0 Å². The van der Waals surface area contributed by atoms with Crippen molar-refractivity contribution in [3.8, 4) is 5.75 Å². The van der Waals surface area contributed by atoms with E-state index in [1.807, 2.05) is 18.2 Å². The number of methoxy groups -OCH3 is 1. The molecule has 0 radical (unpaired) electrons. The molecule has 128 valence electrons. The van der Waals surface area contributed by atoms with Crippen LogP contribution in [0.15, 0.2) is 29.3 Å². The van der Waals surface area contributed by atoms with Crippen LogP contribution in [0.5, 0.6) is 5.75 Å². The first-order valence-electron chi connectivity index (χ1n) is 8.57. The molecular weight excluding hydrogens is 290 g/mol. The van der Waals surface area contributed by atoms with E-state index < -0.39 is 0 Å². The summed E-state index contributed by atoms with van der Waals surface area (Å²) in [5, 5.41) is 6.86. The Morgan fingerprint density at radius 1 is 1.26 bits per heavy atom. The lowest BCUT2D eigenvalue weighted by Crippen LogP contribution is -2.42. The minimum Gasteiger partial charge on any atom is -0.491 e. The molecule has 2 rings (SSSR count). The summed E-state index contributed by atoms with van der Waals surface area (Å²) < 4.78 is 10.6. The zero-order valence-electron chi connectivity index (χ0n) is 14.3. The maximum absolute atomic E-state index is 5.64. The largest absolute Gasteiger partial charge is 0.491 e. The zero-order chi connectivity index (χ0) is 16.3. The van der Waals surface area contributed by atoms with E-state index in [2.05, 4.69) is 23.6 Å². The van der Waals surface area contributed by atoms with Crippen LogP contribution in [0.2, 0.25) is 0 Å². The predicted molar refractivity (Wildman–Crippen MR) is 94.0 cm³/mol.